The molecule has 0 aliphatic rings. The lowest BCUT2D eigenvalue weighted by Gasteiger charge is -1.99. The molecule has 0 heterocycles. The first-order chi connectivity index (χ1) is 5.63. The van der Waals surface area contributed by atoms with Crippen molar-refractivity contribution in [2.75, 3.05) is 0 Å². The molecule has 60 valence electrons. The highest BCUT2D eigenvalue weighted by atomic mass is 35.5. The molecule has 0 radical (unpaired) electrons. The fourth-order valence-corrected chi connectivity index (χ4v) is 1.07. The van der Waals surface area contributed by atoms with E-state index >= 15 is 0 Å². The first-order valence-electron chi connectivity index (χ1n) is 3.20. The van der Waals surface area contributed by atoms with Gasteiger partial charge in [-0.3, -0.25) is 0 Å². The summed E-state index contributed by atoms with van der Waals surface area (Å²) in [6.45, 7) is 0. The summed E-state index contributed by atoms with van der Waals surface area (Å²) in [7, 11) is -1.59. The number of hydrogen-bond donors (Lipinski definition) is 2. The van der Waals surface area contributed by atoms with Gasteiger partial charge in [0.25, 0.3) is 0 Å². The van der Waals surface area contributed by atoms with Crippen LogP contribution in [0.3, 0.4) is 0 Å². The van der Waals surface area contributed by atoms with E-state index in [-0.39, 0.29) is 5.46 Å². The monoisotopic (exact) mass is 181 g/mol. The SMILES string of the molecule is N#Cc1cc(Cl)cc(B(O)O)c1. The summed E-state index contributed by atoms with van der Waals surface area (Å²) in [5, 5.41) is 26.3. The van der Waals surface area contributed by atoms with Gasteiger partial charge in [0.15, 0.2) is 0 Å². The number of nitrogens with zero attached hydrogens (tertiary/aromatic N) is 1. The largest absolute Gasteiger partial charge is 0.488 e. The highest BCUT2D eigenvalue weighted by molar-refractivity contribution is 6.59. The van der Waals surface area contributed by atoms with Crippen LogP contribution in [0.1, 0.15) is 5.56 Å². The van der Waals surface area contributed by atoms with Crippen molar-refractivity contribution in [2.45, 2.75) is 0 Å². The molecule has 0 saturated carbocycles. The zero-order chi connectivity index (χ0) is 9.14. The standard InChI is InChI=1S/C7H5BClNO2/c9-7-2-5(4-10)1-6(3-7)8(11)12/h1-3,11-12H. The molecular formula is C7H5BClNO2. The van der Waals surface area contributed by atoms with Crippen molar-refractivity contribution in [3.63, 3.8) is 0 Å². The molecule has 0 amide bonds. The first-order valence-corrected chi connectivity index (χ1v) is 3.58. The molecule has 1 aromatic rings. The molecule has 0 saturated heterocycles. The second-order valence-electron chi connectivity index (χ2n) is 2.26. The number of nitriles is 1. The second-order valence-corrected chi connectivity index (χ2v) is 2.70. The predicted molar refractivity (Wildman–Crippen MR) is 46.0 cm³/mol. The quantitative estimate of drug-likeness (QED) is 0.594. The summed E-state index contributed by atoms with van der Waals surface area (Å²) in [6.07, 6.45) is 0. The van der Waals surface area contributed by atoms with Gasteiger partial charge < -0.3 is 10.0 Å². The van der Waals surface area contributed by atoms with Crippen molar-refractivity contribution in [3.8, 4) is 6.07 Å². The Morgan fingerprint density at radius 3 is 2.50 bits per heavy atom. The van der Waals surface area contributed by atoms with Crippen LogP contribution in [0.15, 0.2) is 18.2 Å². The van der Waals surface area contributed by atoms with Crippen LogP contribution >= 0.6 is 11.6 Å². The third-order valence-electron chi connectivity index (χ3n) is 1.35. The van der Waals surface area contributed by atoms with Gasteiger partial charge in [0, 0.05) is 5.02 Å². The Morgan fingerprint density at radius 1 is 1.33 bits per heavy atom. The molecule has 5 heteroatoms. The Bertz CT molecular complexity index is 335. The van der Waals surface area contributed by atoms with E-state index in [9.17, 15) is 0 Å². The Balaban J connectivity index is 3.17. The first kappa shape index (κ1) is 9.08. The molecule has 0 spiro atoms. The van der Waals surface area contributed by atoms with E-state index in [4.69, 9.17) is 26.9 Å². The smallest absolute Gasteiger partial charge is 0.423 e. The van der Waals surface area contributed by atoms with Gasteiger partial charge in [0.2, 0.25) is 0 Å². The van der Waals surface area contributed by atoms with Crippen LogP contribution in [-0.4, -0.2) is 17.2 Å². The van der Waals surface area contributed by atoms with Crippen molar-refractivity contribution in [1.29, 1.82) is 5.26 Å². The number of halogens is 1. The van der Waals surface area contributed by atoms with E-state index in [0.717, 1.165) is 0 Å². The highest BCUT2D eigenvalue weighted by Gasteiger charge is 2.12. The number of benzene rings is 1. The lowest BCUT2D eigenvalue weighted by Crippen LogP contribution is -2.29. The minimum atomic E-state index is -1.59. The van der Waals surface area contributed by atoms with E-state index in [1.807, 2.05) is 6.07 Å². The van der Waals surface area contributed by atoms with Crippen molar-refractivity contribution < 1.29 is 10.0 Å². The molecule has 3 nitrogen and oxygen atoms in total. The maximum Gasteiger partial charge on any atom is 0.488 e. The fourth-order valence-electron chi connectivity index (χ4n) is 0.826. The summed E-state index contributed by atoms with van der Waals surface area (Å²) >= 11 is 5.60. The minimum absolute atomic E-state index is 0.221. The normalized spacial score (nSPS) is 9.17. The Morgan fingerprint density at radius 2 is 2.00 bits per heavy atom. The second kappa shape index (κ2) is 3.59. The molecule has 12 heavy (non-hydrogen) atoms. The van der Waals surface area contributed by atoms with Crippen LogP contribution in [0.25, 0.3) is 0 Å². The van der Waals surface area contributed by atoms with E-state index in [1.165, 1.54) is 18.2 Å². The Hall–Kier alpha value is -1.02. The maximum absolute atomic E-state index is 8.76. The summed E-state index contributed by atoms with van der Waals surface area (Å²) in [4.78, 5) is 0. The van der Waals surface area contributed by atoms with Gasteiger partial charge in [0.1, 0.15) is 0 Å². The van der Waals surface area contributed by atoms with E-state index in [2.05, 4.69) is 0 Å². The third kappa shape index (κ3) is 1.99. The fraction of sp³-hybridized carbons (Fsp3) is 0. The molecule has 0 aliphatic heterocycles. The van der Waals surface area contributed by atoms with Crippen LogP contribution in [0.5, 0.6) is 0 Å². The topological polar surface area (TPSA) is 64.2 Å². The van der Waals surface area contributed by atoms with Gasteiger partial charge in [-0.15, -0.1) is 0 Å². The van der Waals surface area contributed by atoms with Crippen molar-refractivity contribution >= 4 is 24.2 Å². The van der Waals surface area contributed by atoms with Gasteiger partial charge in [-0.2, -0.15) is 5.26 Å². The van der Waals surface area contributed by atoms with Gasteiger partial charge >= 0.3 is 7.12 Å². The highest BCUT2D eigenvalue weighted by Crippen LogP contribution is 2.08. The zero-order valence-electron chi connectivity index (χ0n) is 6.03. The van der Waals surface area contributed by atoms with Crippen LogP contribution in [-0.2, 0) is 0 Å². The maximum atomic E-state index is 8.76. The molecule has 1 rings (SSSR count). The van der Waals surface area contributed by atoms with Crippen molar-refractivity contribution in [3.05, 3.63) is 28.8 Å². The average Bonchev–Trinajstić information content (AvgIpc) is 2.03. The van der Waals surface area contributed by atoms with Gasteiger partial charge in [0.05, 0.1) is 11.6 Å². The molecule has 0 aromatic heterocycles. The van der Waals surface area contributed by atoms with Gasteiger partial charge in [-0.05, 0) is 23.7 Å². The molecule has 0 bridgehead atoms. The summed E-state index contributed by atoms with van der Waals surface area (Å²) in [6, 6.07) is 6.08. The number of hydrogen-bond acceptors (Lipinski definition) is 3. The molecule has 0 unspecified atom stereocenters. The van der Waals surface area contributed by atoms with Crippen molar-refractivity contribution in [1.82, 2.24) is 0 Å². The van der Waals surface area contributed by atoms with E-state index < -0.39 is 7.12 Å². The average molecular weight is 181 g/mol. The molecule has 2 N–H and O–H groups in total. The minimum Gasteiger partial charge on any atom is -0.423 e. The molecule has 0 aliphatic carbocycles. The van der Waals surface area contributed by atoms with E-state index in [1.54, 1.807) is 0 Å². The van der Waals surface area contributed by atoms with Crippen LogP contribution in [0.2, 0.25) is 5.02 Å². The van der Waals surface area contributed by atoms with Crippen molar-refractivity contribution in [2.24, 2.45) is 0 Å². The number of rotatable bonds is 1. The predicted octanol–water partition coefficient (Wildman–Crippen LogP) is -0.109. The third-order valence-corrected chi connectivity index (χ3v) is 1.57. The Kier molecular flexibility index (Phi) is 2.72. The molecule has 0 atom stereocenters. The van der Waals surface area contributed by atoms with E-state index in [0.29, 0.717) is 10.6 Å². The van der Waals surface area contributed by atoms with Gasteiger partial charge in [-0.1, -0.05) is 11.6 Å². The van der Waals surface area contributed by atoms with Crippen LogP contribution in [0.4, 0.5) is 0 Å². The lowest BCUT2D eigenvalue weighted by atomic mass is 9.80. The summed E-state index contributed by atoms with van der Waals surface area (Å²) in [5.41, 5.74) is 0.532. The summed E-state index contributed by atoms with van der Waals surface area (Å²) in [5.74, 6) is 0. The molecular weight excluding hydrogens is 176 g/mol. The van der Waals surface area contributed by atoms with Crippen LogP contribution < -0.4 is 5.46 Å². The van der Waals surface area contributed by atoms with Gasteiger partial charge in [-0.25, -0.2) is 0 Å². The van der Waals surface area contributed by atoms with Crippen LogP contribution in [0, 0.1) is 11.3 Å². The molecule has 1 aromatic carbocycles. The Labute approximate surface area is 75.0 Å². The summed E-state index contributed by atoms with van der Waals surface area (Å²) < 4.78 is 0. The molecule has 0 fully saturated rings. The lowest BCUT2D eigenvalue weighted by molar-refractivity contribution is 0.426. The zero-order valence-corrected chi connectivity index (χ0v) is 6.78.